The van der Waals surface area contributed by atoms with Gasteiger partial charge in [-0.1, -0.05) is 60.7 Å². The number of hydrogen-bond donors (Lipinski definition) is 2. The Kier molecular flexibility index (Phi) is 3.33. The summed E-state index contributed by atoms with van der Waals surface area (Å²) in [6, 6.07) is 23.2. The third-order valence-electron chi connectivity index (χ3n) is 5.86. The van der Waals surface area contributed by atoms with Crippen LogP contribution >= 0.6 is 0 Å². The van der Waals surface area contributed by atoms with Crippen molar-refractivity contribution in [2.24, 2.45) is 0 Å². The molecule has 4 aromatic carbocycles. The van der Waals surface area contributed by atoms with E-state index >= 15 is 0 Å². The maximum absolute atomic E-state index is 12.5. The van der Waals surface area contributed by atoms with Crippen LogP contribution in [-0.4, -0.2) is 22.0 Å². The third-order valence-corrected chi connectivity index (χ3v) is 5.86. The van der Waals surface area contributed by atoms with E-state index in [1.165, 1.54) is 6.07 Å². The molecule has 0 radical (unpaired) electrons. The van der Waals surface area contributed by atoms with Crippen molar-refractivity contribution in [3.05, 3.63) is 95.2 Å². The van der Waals surface area contributed by atoms with Crippen molar-refractivity contribution in [1.29, 1.82) is 0 Å². The number of hydrogen-bond acceptors (Lipinski definition) is 3. The molecule has 0 fully saturated rings. The highest BCUT2D eigenvalue weighted by atomic mass is 16.5. The van der Waals surface area contributed by atoms with Gasteiger partial charge in [0.15, 0.2) is 6.10 Å². The van der Waals surface area contributed by atoms with Crippen molar-refractivity contribution in [2.45, 2.75) is 6.10 Å². The molecule has 5 nitrogen and oxygen atoms in total. The van der Waals surface area contributed by atoms with Gasteiger partial charge in [-0.15, -0.1) is 0 Å². The van der Waals surface area contributed by atoms with Gasteiger partial charge >= 0.3 is 11.9 Å². The minimum absolute atomic E-state index is 0.0352. The molecule has 0 amide bonds. The Labute approximate surface area is 170 Å². The van der Waals surface area contributed by atoms with E-state index in [1.807, 2.05) is 30.3 Å². The van der Waals surface area contributed by atoms with Gasteiger partial charge in [-0.2, -0.15) is 0 Å². The fourth-order valence-corrected chi connectivity index (χ4v) is 4.59. The number of cyclic esters (lactones) is 1. The van der Waals surface area contributed by atoms with Crippen LogP contribution in [0.15, 0.2) is 72.8 Å². The Morgan fingerprint density at radius 1 is 0.833 bits per heavy atom. The van der Waals surface area contributed by atoms with Crippen LogP contribution in [-0.2, 0) is 4.74 Å². The lowest BCUT2D eigenvalue weighted by molar-refractivity contribution is 0.0445. The summed E-state index contributed by atoms with van der Waals surface area (Å²) in [5.74, 6) is -1.75. The number of carbonyl (C=O) groups is 2. The molecule has 2 heterocycles. The lowest BCUT2D eigenvalue weighted by Crippen LogP contribution is -2.05. The first-order valence-electron chi connectivity index (χ1n) is 9.63. The van der Waals surface area contributed by atoms with Crippen molar-refractivity contribution >= 4 is 44.4 Å². The molecule has 144 valence electrons. The average molecular weight is 393 g/mol. The molecule has 1 atom stereocenters. The zero-order valence-electron chi connectivity index (χ0n) is 15.7. The zero-order valence-corrected chi connectivity index (χ0v) is 15.7. The molecule has 0 saturated heterocycles. The maximum Gasteiger partial charge on any atom is 0.340 e. The van der Waals surface area contributed by atoms with E-state index in [-0.39, 0.29) is 11.1 Å². The third kappa shape index (κ3) is 2.17. The number of aromatic carboxylic acids is 1. The first-order valence-corrected chi connectivity index (χ1v) is 9.63. The molecule has 0 spiro atoms. The molecule has 30 heavy (non-hydrogen) atoms. The predicted molar refractivity (Wildman–Crippen MR) is 114 cm³/mol. The fourth-order valence-electron chi connectivity index (χ4n) is 4.59. The van der Waals surface area contributed by atoms with Gasteiger partial charge in [0, 0.05) is 16.3 Å². The summed E-state index contributed by atoms with van der Waals surface area (Å²) in [5, 5.41) is 15.0. The molecule has 1 aliphatic heterocycles. The second-order valence-corrected chi connectivity index (χ2v) is 7.46. The first-order chi connectivity index (χ1) is 14.6. The summed E-state index contributed by atoms with van der Waals surface area (Å²) in [6.07, 6.45) is -0.670. The van der Waals surface area contributed by atoms with Crippen molar-refractivity contribution in [3.8, 4) is 0 Å². The van der Waals surface area contributed by atoms with Crippen molar-refractivity contribution in [3.63, 3.8) is 0 Å². The standard InChI is InChI=1S/C25H15NO4/c27-24(28)18-11-5-10-17-21(18)25(29)30-23(17)20-12-19-15-8-2-1-6-13(15)14-7-3-4-9-16(14)22(19)26-20/h1-12,23,26H,(H,27,28). The molecule has 0 saturated carbocycles. The van der Waals surface area contributed by atoms with Gasteiger partial charge in [0.25, 0.3) is 0 Å². The summed E-state index contributed by atoms with van der Waals surface area (Å²) in [6.45, 7) is 0. The summed E-state index contributed by atoms with van der Waals surface area (Å²) in [4.78, 5) is 27.5. The van der Waals surface area contributed by atoms with E-state index in [0.29, 0.717) is 5.56 Å². The monoisotopic (exact) mass is 393 g/mol. The summed E-state index contributed by atoms with van der Waals surface area (Å²) in [5.41, 5.74) is 2.36. The number of rotatable bonds is 2. The first kappa shape index (κ1) is 16.8. The minimum Gasteiger partial charge on any atom is -0.478 e. The van der Waals surface area contributed by atoms with E-state index in [9.17, 15) is 14.7 Å². The van der Waals surface area contributed by atoms with Crippen LogP contribution in [0.3, 0.4) is 0 Å². The second-order valence-electron chi connectivity index (χ2n) is 7.46. The molecule has 6 rings (SSSR count). The molecular weight excluding hydrogens is 378 g/mol. The number of fused-ring (bicyclic) bond motifs is 7. The molecule has 1 unspecified atom stereocenters. The predicted octanol–water partition coefficient (Wildman–Crippen LogP) is 5.43. The molecule has 5 heteroatoms. The Morgan fingerprint density at radius 2 is 1.47 bits per heavy atom. The minimum atomic E-state index is -1.14. The lowest BCUT2D eigenvalue weighted by Gasteiger charge is -2.08. The highest BCUT2D eigenvalue weighted by molar-refractivity contribution is 6.24. The van der Waals surface area contributed by atoms with Crippen LogP contribution < -0.4 is 0 Å². The van der Waals surface area contributed by atoms with Crippen LogP contribution in [0.4, 0.5) is 0 Å². The van der Waals surface area contributed by atoms with E-state index in [0.717, 1.165) is 38.1 Å². The number of aromatic nitrogens is 1. The van der Waals surface area contributed by atoms with Gasteiger partial charge in [-0.25, -0.2) is 9.59 Å². The molecule has 0 aliphatic carbocycles. The average Bonchev–Trinajstić information content (AvgIpc) is 3.36. The number of carbonyl (C=O) groups excluding carboxylic acids is 1. The van der Waals surface area contributed by atoms with Crippen LogP contribution in [0.1, 0.15) is 38.1 Å². The smallest absolute Gasteiger partial charge is 0.340 e. The zero-order chi connectivity index (χ0) is 20.4. The highest BCUT2D eigenvalue weighted by Crippen LogP contribution is 2.41. The molecule has 0 bridgehead atoms. The van der Waals surface area contributed by atoms with Gasteiger partial charge in [0.1, 0.15) is 0 Å². The van der Waals surface area contributed by atoms with E-state index in [4.69, 9.17) is 4.74 Å². The molecule has 2 N–H and O–H groups in total. The summed E-state index contributed by atoms with van der Waals surface area (Å²) < 4.78 is 5.63. The summed E-state index contributed by atoms with van der Waals surface area (Å²) >= 11 is 0. The van der Waals surface area contributed by atoms with Gasteiger partial charge in [0.05, 0.1) is 22.3 Å². The van der Waals surface area contributed by atoms with E-state index < -0.39 is 18.0 Å². The van der Waals surface area contributed by atoms with Gasteiger partial charge in [-0.3, -0.25) is 0 Å². The second kappa shape index (κ2) is 5.94. The highest BCUT2D eigenvalue weighted by Gasteiger charge is 2.36. The van der Waals surface area contributed by atoms with Crippen molar-refractivity contribution < 1.29 is 19.4 Å². The number of aromatic amines is 1. The van der Waals surface area contributed by atoms with Gasteiger partial charge < -0.3 is 14.8 Å². The van der Waals surface area contributed by atoms with E-state index in [1.54, 1.807) is 12.1 Å². The Hall–Kier alpha value is -4.12. The SMILES string of the molecule is O=C(O)c1cccc2c1C(=O)OC2c1cc2c3ccccc3c3ccccc3c2[nH]1. The number of H-pyrrole nitrogens is 1. The number of ether oxygens (including phenoxy) is 1. The van der Waals surface area contributed by atoms with Crippen molar-refractivity contribution in [2.75, 3.05) is 0 Å². The Balaban J connectivity index is 1.65. The number of carboxylic acid groups (broad SMARTS) is 1. The number of carboxylic acids is 1. The largest absolute Gasteiger partial charge is 0.478 e. The lowest BCUT2D eigenvalue weighted by atomic mass is 9.97. The number of benzene rings is 4. The fraction of sp³-hybridized carbons (Fsp3) is 0.0400. The number of esters is 1. The molecule has 5 aromatic rings. The Bertz CT molecular complexity index is 1460. The Morgan fingerprint density at radius 3 is 2.17 bits per heavy atom. The quantitative estimate of drug-likeness (QED) is 0.309. The van der Waals surface area contributed by atoms with Crippen LogP contribution in [0, 0.1) is 0 Å². The summed E-state index contributed by atoms with van der Waals surface area (Å²) in [7, 11) is 0. The molecule has 1 aliphatic rings. The van der Waals surface area contributed by atoms with Crippen LogP contribution in [0.25, 0.3) is 32.4 Å². The van der Waals surface area contributed by atoms with Gasteiger partial charge in [0.2, 0.25) is 0 Å². The molecular formula is C25H15NO4. The number of nitrogens with one attached hydrogen (secondary N) is 1. The topological polar surface area (TPSA) is 79.4 Å². The van der Waals surface area contributed by atoms with Gasteiger partial charge in [-0.05, 0) is 28.3 Å². The normalized spacial score (nSPS) is 15.6. The van der Waals surface area contributed by atoms with Crippen molar-refractivity contribution in [1.82, 2.24) is 4.98 Å². The maximum atomic E-state index is 12.5. The van der Waals surface area contributed by atoms with E-state index in [2.05, 4.69) is 29.2 Å². The van der Waals surface area contributed by atoms with Crippen LogP contribution in [0.2, 0.25) is 0 Å². The van der Waals surface area contributed by atoms with Crippen LogP contribution in [0.5, 0.6) is 0 Å². The molecule has 1 aromatic heterocycles.